The molecule has 1 aliphatic carbocycles. The average Bonchev–Trinajstić information content (AvgIpc) is 2.75. The van der Waals surface area contributed by atoms with Crippen molar-refractivity contribution in [1.29, 1.82) is 0 Å². The van der Waals surface area contributed by atoms with Gasteiger partial charge in [-0.1, -0.05) is 19.9 Å². The van der Waals surface area contributed by atoms with Gasteiger partial charge in [0, 0.05) is 24.9 Å². The van der Waals surface area contributed by atoms with Gasteiger partial charge in [0.2, 0.25) is 0 Å². The molecule has 32 heavy (non-hydrogen) atoms. The summed E-state index contributed by atoms with van der Waals surface area (Å²) in [6.07, 6.45) is 7.20. The number of nitrogens with zero attached hydrogens (tertiary/aromatic N) is 2. The van der Waals surface area contributed by atoms with E-state index < -0.39 is 28.7 Å². The van der Waals surface area contributed by atoms with Crippen LogP contribution in [-0.2, 0) is 6.42 Å². The lowest BCUT2D eigenvalue weighted by Gasteiger charge is -2.28. The Morgan fingerprint density at radius 2 is 1.78 bits per heavy atom. The van der Waals surface area contributed by atoms with Crippen LogP contribution in [0.15, 0.2) is 48.8 Å². The first-order valence-electron chi connectivity index (χ1n) is 10.3. The Hall–Kier alpha value is -3.06. The summed E-state index contributed by atoms with van der Waals surface area (Å²) >= 11 is 0. The van der Waals surface area contributed by atoms with E-state index in [1.54, 1.807) is 12.4 Å². The van der Waals surface area contributed by atoms with Crippen LogP contribution in [0.4, 0.5) is 13.2 Å². The Kier molecular flexibility index (Phi) is 7.40. The van der Waals surface area contributed by atoms with Crippen molar-refractivity contribution in [1.82, 2.24) is 9.97 Å². The van der Waals surface area contributed by atoms with Crippen molar-refractivity contribution in [3.05, 3.63) is 83.1 Å². The Morgan fingerprint density at radius 3 is 2.50 bits per heavy atom. The number of Topliss-reactive ketones (excluding diaryl/α,β-unsaturated/α-hetero) is 1. The van der Waals surface area contributed by atoms with Crippen molar-refractivity contribution < 1.29 is 18.0 Å². The largest absolute Gasteiger partial charge is 0.328 e. The zero-order valence-electron chi connectivity index (χ0n) is 16.8. The molecule has 2 N–H and O–H groups in total. The molecule has 2 aromatic heterocycles. The second-order valence-corrected chi connectivity index (χ2v) is 7.92. The fourth-order valence-corrected chi connectivity index (χ4v) is 4.25. The van der Waals surface area contributed by atoms with E-state index in [0.717, 1.165) is 55.0 Å². The number of benzene rings is 1. The van der Waals surface area contributed by atoms with Crippen molar-refractivity contribution in [3.8, 4) is 11.3 Å². The number of ketones is 1. The van der Waals surface area contributed by atoms with Gasteiger partial charge in [-0.2, -0.15) is 0 Å². The van der Waals surface area contributed by atoms with Crippen LogP contribution in [0.25, 0.3) is 11.3 Å². The number of carbonyl (C=O) groups excluding carboxylic acids is 1. The molecule has 0 unspecified atom stereocenters. The molecule has 0 radical (unpaired) electrons. The predicted molar refractivity (Wildman–Crippen MR) is 118 cm³/mol. The highest BCUT2D eigenvalue weighted by atomic mass is 19.1. The molecule has 4 rings (SSSR count). The van der Waals surface area contributed by atoms with Crippen LogP contribution < -0.4 is 5.73 Å². The van der Waals surface area contributed by atoms with E-state index in [1.165, 1.54) is 12.1 Å². The van der Waals surface area contributed by atoms with Gasteiger partial charge in [-0.15, -0.1) is 0 Å². The third kappa shape index (κ3) is 4.88. The quantitative estimate of drug-likeness (QED) is 0.523. The Bertz CT molecular complexity index is 1100. The highest BCUT2D eigenvalue weighted by Crippen LogP contribution is 2.34. The summed E-state index contributed by atoms with van der Waals surface area (Å²) in [7, 11) is 0. The molecule has 1 fully saturated rings. The molecule has 4 nitrogen and oxygen atoms in total. The van der Waals surface area contributed by atoms with Gasteiger partial charge in [0.25, 0.3) is 0 Å². The van der Waals surface area contributed by atoms with Gasteiger partial charge >= 0.3 is 0 Å². The molecule has 1 aliphatic rings. The lowest BCUT2D eigenvalue weighted by atomic mass is 9.80. The van der Waals surface area contributed by atoms with Gasteiger partial charge in [-0.3, -0.25) is 9.78 Å². The molecule has 0 saturated heterocycles. The summed E-state index contributed by atoms with van der Waals surface area (Å²) < 4.78 is 42.6. The number of hydrogen-bond donors (Lipinski definition) is 1. The molecular weight excluding hydrogens is 415 g/mol. The van der Waals surface area contributed by atoms with Gasteiger partial charge in [0.1, 0.15) is 28.8 Å². The van der Waals surface area contributed by atoms with Gasteiger partial charge < -0.3 is 5.73 Å². The highest BCUT2D eigenvalue weighted by Gasteiger charge is 2.24. The Labute approximate surface area is 185 Å². The topological polar surface area (TPSA) is 68.9 Å². The van der Waals surface area contributed by atoms with Gasteiger partial charge in [0.15, 0.2) is 5.78 Å². The van der Waals surface area contributed by atoms with E-state index in [4.69, 9.17) is 5.73 Å². The number of rotatable bonds is 5. The molecule has 2 atom stereocenters. The van der Waals surface area contributed by atoms with Crippen LogP contribution >= 0.6 is 0 Å². The highest BCUT2D eigenvalue weighted by molar-refractivity contribution is 5.96. The maximum atomic E-state index is 14.3. The Morgan fingerprint density at radius 1 is 1.03 bits per heavy atom. The first-order chi connectivity index (χ1) is 14.9. The lowest BCUT2D eigenvalue weighted by molar-refractivity contribution is 0.0987. The number of pyridine rings is 2. The van der Waals surface area contributed by atoms with Gasteiger partial charge in [0.05, 0.1) is 5.56 Å². The number of nitrogens with two attached hydrogens (primary N) is 1. The van der Waals surface area contributed by atoms with Crippen LogP contribution in [0.2, 0.25) is 0 Å². The minimum atomic E-state index is -0.945. The smallest absolute Gasteiger partial charge is 0.185 e. The molecule has 0 bridgehead atoms. The standard InChI is InChI=1S/C24H22F3N3O.CH4/c25-18-5-2-6-19(26)23(18)24-20(27)7-8-21(30-24)22(31)12-15-13-29-10-9-17(15)14-3-1-4-16(28)11-14;/h2,5-10,13-14,16H,1,3-4,11-12,28H2;1H4/t14-,16+;/m1./s1. The number of halogens is 3. The average molecular weight is 441 g/mol. The van der Waals surface area contributed by atoms with Crippen LogP contribution in [-0.4, -0.2) is 21.8 Å². The van der Waals surface area contributed by atoms with E-state index in [-0.39, 0.29) is 37.3 Å². The number of carbonyl (C=O) groups is 1. The molecule has 1 aromatic carbocycles. The first-order valence-corrected chi connectivity index (χ1v) is 10.3. The maximum Gasteiger partial charge on any atom is 0.185 e. The van der Waals surface area contributed by atoms with Crippen LogP contribution in [0.3, 0.4) is 0 Å². The fraction of sp³-hybridized carbons (Fsp3) is 0.320. The molecule has 7 heteroatoms. The van der Waals surface area contributed by atoms with Crippen molar-refractivity contribution >= 4 is 5.78 Å². The SMILES string of the molecule is C.N[C@H]1CCC[C@@H](c2ccncc2CC(=O)c2ccc(F)c(-c3c(F)cccc3F)n2)C1. The van der Waals surface area contributed by atoms with E-state index in [2.05, 4.69) is 9.97 Å². The molecule has 0 spiro atoms. The molecule has 0 amide bonds. The third-order valence-electron chi connectivity index (χ3n) is 5.78. The zero-order chi connectivity index (χ0) is 22.0. The normalized spacial score (nSPS) is 18.1. The molecule has 168 valence electrons. The molecular formula is C25H26F3N3O. The lowest BCUT2D eigenvalue weighted by Crippen LogP contribution is -2.27. The fourth-order valence-electron chi connectivity index (χ4n) is 4.25. The first kappa shape index (κ1) is 23.6. The van der Waals surface area contributed by atoms with Crippen molar-refractivity contribution in [2.75, 3.05) is 0 Å². The third-order valence-corrected chi connectivity index (χ3v) is 5.78. The molecule has 2 heterocycles. The summed E-state index contributed by atoms with van der Waals surface area (Å²) in [5.41, 5.74) is 6.74. The number of hydrogen-bond acceptors (Lipinski definition) is 4. The van der Waals surface area contributed by atoms with Crippen molar-refractivity contribution in [2.45, 2.75) is 51.5 Å². The van der Waals surface area contributed by atoms with E-state index >= 15 is 0 Å². The molecule has 3 aromatic rings. The minimum absolute atomic E-state index is 0. The van der Waals surface area contributed by atoms with Crippen molar-refractivity contribution in [2.24, 2.45) is 5.73 Å². The Balaban J connectivity index is 0.00000289. The summed E-state index contributed by atoms with van der Waals surface area (Å²) in [4.78, 5) is 21.1. The second kappa shape index (κ2) is 10.0. The summed E-state index contributed by atoms with van der Waals surface area (Å²) in [5.74, 6) is -2.93. The zero-order valence-corrected chi connectivity index (χ0v) is 16.8. The monoisotopic (exact) mass is 441 g/mol. The van der Waals surface area contributed by atoms with Crippen LogP contribution in [0.5, 0.6) is 0 Å². The van der Waals surface area contributed by atoms with Gasteiger partial charge in [-0.25, -0.2) is 18.2 Å². The second-order valence-electron chi connectivity index (χ2n) is 7.92. The van der Waals surface area contributed by atoms with E-state index in [9.17, 15) is 18.0 Å². The van der Waals surface area contributed by atoms with E-state index in [1.807, 2.05) is 6.07 Å². The van der Waals surface area contributed by atoms with Crippen molar-refractivity contribution in [3.63, 3.8) is 0 Å². The summed E-state index contributed by atoms with van der Waals surface area (Å²) in [6.45, 7) is 0. The van der Waals surface area contributed by atoms with Crippen LogP contribution in [0.1, 0.15) is 60.6 Å². The van der Waals surface area contributed by atoms with Crippen LogP contribution in [0, 0.1) is 17.5 Å². The van der Waals surface area contributed by atoms with E-state index in [0.29, 0.717) is 0 Å². The minimum Gasteiger partial charge on any atom is -0.328 e. The summed E-state index contributed by atoms with van der Waals surface area (Å²) in [6, 6.07) is 7.49. The maximum absolute atomic E-state index is 14.3. The predicted octanol–water partition coefficient (Wildman–Crippen LogP) is 5.61. The van der Waals surface area contributed by atoms with Gasteiger partial charge in [-0.05, 0) is 66.6 Å². The summed E-state index contributed by atoms with van der Waals surface area (Å²) in [5, 5.41) is 0. The molecule has 1 saturated carbocycles. The molecule has 0 aliphatic heterocycles. The number of aromatic nitrogens is 2.